The SMILES string of the molecule is Cc1cccc(C(C)(CO)Cc2ccc(Cl)cc2)c1. The molecule has 0 heterocycles. The number of hydrogen-bond donors (Lipinski definition) is 1. The Bertz CT molecular complexity index is 547. The molecule has 0 fully saturated rings. The largest absolute Gasteiger partial charge is 0.395 e. The lowest BCUT2D eigenvalue weighted by Gasteiger charge is -2.28. The third-order valence-corrected chi connectivity index (χ3v) is 3.82. The second-order valence-corrected chi connectivity index (χ2v) is 5.83. The minimum absolute atomic E-state index is 0.124. The van der Waals surface area contributed by atoms with Crippen molar-refractivity contribution >= 4 is 11.6 Å². The summed E-state index contributed by atoms with van der Waals surface area (Å²) in [6, 6.07) is 16.2. The smallest absolute Gasteiger partial charge is 0.0528 e. The number of aliphatic hydroxyl groups excluding tert-OH is 1. The molecule has 2 heteroatoms. The maximum Gasteiger partial charge on any atom is 0.0528 e. The fourth-order valence-corrected chi connectivity index (χ4v) is 2.45. The van der Waals surface area contributed by atoms with Crippen LogP contribution in [0.4, 0.5) is 0 Å². The van der Waals surface area contributed by atoms with Crippen LogP contribution >= 0.6 is 11.6 Å². The van der Waals surface area contributed by atoms with Gasteiger partial charge in [0, 0.05) is 10.4 Å². The van der Waals surface area contributed by atoms with Crippen LogP contribution in [0.1, 0.15) is 23.6 Å². The van der Waals surface area contributed by atoms with E-state index in [0.717, 1.165) is 11.4 Å². The molecule has 100 valence electrons. The van der Waals surface area contributed by atoms with E-state index in [1.54, 1.807) is 0 Å². The lowest BCUT2D eigenvalue weighted by molar-refractivity contribution is 0.204. The zero-order chi connectivity index (χ0) is 13.9. The molecule has 0 aliphatic carbocycles. The van der Waals surface area contributed by atoms with Gasteiger partial charge in [-0.25, -0.2) is 0 Å². The molecule has 0 bridgehead atoms. The van der Waals surface area contributed by atoms with Gasteiger partial charge < -0.3 is 5.11 Å². The lowest BCUT2D eigenvalue weighted by Crippen LogP contribution is -2.29. The van der Waals surface area contributed by atoms with Gasteiger partial charge in [0.05, 0.1) is 6.61 Å². The molecular weight excluding hydrogens is 256 g/mol. The van der Waals surface area contributed by atoms with Crippen molar-refractivity contribution in [2.24, 2.45) is 0 Å². The van der Waals surface area contributed by atoms with Crippen LogP contribution in [0, 0.1) is 6.92 Å². The quantitative estimate of drug-likeness (QED) is 0.888. The minimum Gasteiger partial charge on any atom is -0.395 e. The number of hydrogen-bond acceptors (Lipinski definition) is 1. The third kappa shape index (κ3) is 3.37. The summed E-state index contributed by atoms with van der Waals surface area (Å²) >= 11 is 5.91. The molecule has 2 rings (SSSR count). The van der Waals surface area contributed by atoms with E-state index in [-0.39, 0.29) is 12.0 Å². The van der Waals surface area contributed by atoms with Gasteiger partial charge in [-0.15, -0.1) is 0 Å². The first-order valence-corrected chi connectivity index (χ1v) is 6.84. The van der Waals surface area contributed by atoms with E-state index in [0.29, 0.717) is 0 Å². The van der Waals surface area contributed by atoms with Crippen molar-refractivity contribution in [3.8, 4) is 0 Å². The first-order chi connectivity index (χ1) is 9.03. The van der Waals surface area contributed by atoms with Crippen molar-refractivity contribution in [1.29, 1.82) is 0 Å². The van der Waals surface area contributed by atoms with E-state index in [4.69, 9.17) is 11.6 Å². The Kier molecular flexibility index (Phi) is 4.28. The second kappa shape index (κ2) is 5.77. The van der Waals surface area contributed by atoms with E-state index in [2.05, 4.69) is 32.0 Å². The molecule has 1 unspecified atom stereocenters. The predicted molar refractivity (Wildman–Crippen MR) is 80.8 cm³/mol. The summed E-state index contributed by atoms with van der Waals surface area (Å²) in [6.07, 6.45) is 0.796. The van der Waals surface area contributed by atoms with Crippen molar-refractivity contribution in [2.75, 3.05) is 6.61 Å². The number of benzene rings is 2. The summed E-state index contributed by atoms with van der Waals surface area (Å²) in [5.41, 5.74) is 3.31. The standard InChI is InChI=1S/C17H19ClO/c1-13-4-3-5-15(10-13)17(2,12-19)11-14-6-8-16(18)9-7-14/h3-10,19H,11-12H2,1-2H3. The van der Waals surface area contributed by atoms with E-state index >= 15 is 0 Å². The van der Waals surface area contributed by atoms with Crippen LogP contribution in [-0.2, 0) is 11.8 Å². The van der Waals surface area contributed by atoms with E-state index in [1.165, 1.54) is 16.7 Å². The molecule has 0 aliphatic heterocycles. The number of aliphatic hydroxyl groups is 1. The maximum atomic E-state index is 9.82. The molecule has 2 aromatic rings. The van der Waals surface area contributed by atoms with Crippen LogP contribution in [0.25, 0.3) is 0 Å². The Hall–Kier alpha value is -1.31. The Morgan fingerprint density at radius 1 is 1.11 bits per heavy atom. The summed E-state index contributed by atoms with van der Waals surface area (Å²) in [7, 11) is 0. The van der Waals surface area contributed by atoms with Crippen molar-refractivity contribution in [1.82, 2.24) is 0 Å². The normalized spacial score (nSPS) is 14.1. The zero-order valence-electron chi connectivity index (χ0n) is 11.4. The van der Waals surface area contributed by atoms with Gasteiger partial charge in [0.15, 0.2) is 0 Å². The van der Waals surface area contributed by atoms with Crippen molar-refractivity contribution in [3.05, 3.63) is 70.2 Å². The lowest BCUT2D eigenvalue weighted by atomic mass is 9.77. The van der Waals surface area contributed by atoms with Crippen molar-refractivity contribution in [2.45, 2.75) is 25.7 Å². The van der Waals surface area contributed by atoms with Crippen molar-refractivity contribution < 1.29 is 5.11 Å². The molecule has 19 heavy (non-hydrogen) atoms. The molecule has 0 radical (unpaired) electrons. The highest BCUT2D eigenvalue weighted by Gasteiger charge is 2.26. The summed E-state index contributed by atoms with van der Waals surface area (Å²) in [5, 5.41) is 10.6. The van der Waals surface area contributed by atoms with Gasteiger partial charge in [-0.05, 0) is 36.6 Å². The molecule has 0 saturated carbocycles. The van der Waals surface area contributed by atoms with Gasteiger partial charge in [0.1, 0.15) is 0 Å². The molecule has 1 N–H and O–H groups in total. The Morgan fingerprint density at radius 3 is 2.37 bits per heavy atom. The minimum atomic E-state index is -0.264. The van der Waals surface area contributed by atoms with Crippen LogP contribution in [-0.4, -0.2) is 11.7 Å². The predicted octanol–water partition coefficient (Wildman–Crippen LogP) is 4.14. The summed E-state index contributed by atoms with van der Waals surface area (Å²) in [4.78, 5) is 0. The molecule has 0 amide bonds. The second-order valence-electron chi connectivity index (χ2n) is 5.39. The molecular formula is C17H19ClO. The van der Waals surface area contributed by atoms with Gasteiger partial charge in [-0.2, -0.15) is 0 Å². The fourth-order valence-electron chi connectivity index (χ4n) is 2.32. The van der Waals surface area contributed by atoms with Gasteiger partial charge in [0.2, 0.25) is 0 Å². The highest BCUT2D eigenvalue weighted by atomic mass is 35.5. The summed E-state index contributed by atoms with van der Waals surface area (Å²) < 4.78 is 0. The Labute approximate surface area is 119 Å². The van der Waals surface area contributed by atoms with E-state index in [9.17, 15) is 5.11 Å². The van der Waals surface area contributed by atoms with Crippen LogP contribution in [0.3, 0.4) is 0 Å². The van der Waals surface area contributed by atoms with Gasteiger partial charge >= 0.3 is 0 Å². The van der Waals surface area contributed by atoms with Gasteiger partial charge in [-0.1, -0.05) is 60.5 Å². The fraction of sp³-hybridized carbons (Fsp3) is 0.294. The molecule has 0 aliphatic rings. The summed E-state index contributed by atoms with van der Waals surface area (Å²) in [6.45, 7) is 4.29. The molecule has 0 aromatic heterocycles. The van der Waals surface area contributed by atoms with E-state index < -0.39 is 0 Å². The number of halogens is 1. The molecule has 0 spiro atoms. The van der Waals surface area contributed by atoms with Gasteiger partial charge in [0.25, 0.3) is 0 Å². The molecule has 1 atom stereocenters. The molecule has 1 nitrogen and oxygen atoms in total. The number of aryl methyl sites for hydroxylation is 1. The third-order valence-electron chi connectivity index (χ3n) is 3.57. The highest BCUT2D eigenvalue weighted by molar-refractivity contribution is 6.30. The van der Waals surface area contributed by atoms with Crippen LogP contribution in [0.2, 0.25) is 5.02 Å². The highest BCUT2D eigenvalue weighted by Crippen LogP contribution is 2.28. The van der Waals surface area contributed by atoms with Crippen LogP contribution < -0.4 is 0 Å². The van der Waals surface area contributed by atoms with Crippen LogP contribution in [0.15, 0.2) is 48.5 Å². The monoisotopic (exact) mass is 274 g/mol. The molecule has 0 saturated heterocycles. The van der Waals surface area contributed by atoms with Gasteiger partial charge in [-0.3, -0.25) is 0 Å². The number of rotatable bonds is 4. The average molecular weight is 275 g/mol. The average Bonchev–Trinajstić information content (AvgIpc) is 2.41. The zero-order valence-corrected chi connectivity index (χ0v) is 12.1. The summed E-state index contributed by atoms with van der Waals surface area (Å²) in [5.74, 6) is 0. The molecule has 2 aromatic carbocycles. The van der Waals surface area contributed by atoms with Crippen LogP contribution in [0.5, 0.6) is 0 Å². The Balaban J connectivity index is 2.30. The maximum absolute atomic E-state index is 9.82. The Morgan fingerprint density at radius 2 is 1.79 bits per heavy atom. The first kappa shape index (κ1) is 14.1. The van der Waals surface area contributed by atoms with Crippen molar-refractivity contribution in [3.63, 3.8) is 0 Å². The van der Waals surface area contributed by atoms with E-state index in [1.807, 2.05) is 30.3 Å². The topological polar surface area (TPSA) is 20.2 Å². The first-order valence-electron chi connectivity index (χ1n) is 6.46.